The third kappa shape index (κ3) is 3.69. The number of anilines is 2. The van der Waals surface area contributed by atoms with E-state index in [0.717, 1.165) is 17.9 Å². The molecule has 2 atom stereocenters. The molecule has 1 aromatic carbocycles. The van der Waals surface area contributed by atoms with Gasteiger partial charge < -0.3 is 15.1 Å². The van der Waals surface area contributed by atoms with E-state index in [2.05, 4.69) is 17.1 Å². The van der Waals surface area contributed by atoms with Crippen LogP contribution in [0.3, 0.4) is 0 Å². The molecule has 1 aliphatic rings. The molecule has 0 aliphatic carbocycles. The highest BCUT2D eigenvalue weighted by molar-refractivity contribution is 7.12. The minimum absolute atomic E-state index is 0.0838. The molecule has 2 amide bonds. The molecule has 2 aromatic rings. The summed E-state index contributed by atoms with van der Waals surface area (Å²) in [6.07, 6.45) is 0. The van der Waals surface area contributed by atoms with Crippen molar-refractivity contribution in [1.82, 2.24) is 5.32 Å². The van der Waals surface area contributed by atoms with Gasteiger partial charge in [-0.15, -0.1) is 11.3 Å². The lowest BCUT2D eigenvalue weighted by Gasteiger charge is -2.27. The van der Waals surface area contributed by atoms with E-state index in [9.17, 15) is 9.59 Å². The molecule has 0 bridgehead atoms. The second kappa shape index (κ2) is 7.27. The van der Waals surface area contributed by atoms with Crippen molar-refractivity contribution in [3.05, 3.63) is 46.7 Å². The van der Waals surface area contributed by atoms with Crippen molar-refractivity contribution in [3.63, 3.8) is 0 Å². The number of carbonyl (C=O) groups excluding carboxylic acids is 2. The Morgan fingerprint density at radius 2 is 1.88 bits per heavy atom. The van der Waals surface area contributed by atoms with Crippen LogP contribution in [0.4, 0.5) is 11.4 Å². The Labute approximate surface area is 152 Å². The van der Waals surface area contributed by atoms with Crippen LogP contribution in [0.5, 0.6) is 0 Å². The van der Waals surface area contributed by atoms with E-state index >= 15 is 0 Å². The Morgan fingerprint density at radius 1 is 1.16 bits per heavy atom. The Kier molecular flexibility index (Phi) is 5.08. The van der Waals surface area contributed by atoms with E-state index in [1.807, 2.05) is 47.7 Å². The average molecular weight is 357 g/mol. The largest absolute Gasteiger partial charge is 0.373 e. The minimum Gasteiger partial charge on any atom is -0.373 e. The molecular weight excluding hydrogens is 334 g/mol. The zero-order chi connectivity index (χ0) is 18.0. The van der Waals surface area contributed by atoms with Crippen molar-refractivity contribution in [2.75, 3.05) is 29.9 Å². The molecule has 1 aromatic heterocycles. The Hall–Kier alpha value is -2.34. The van der Waals surface area contributed by atoms with Gasteiger partial charge in [0.05, 0.1) is 16.3 Å². The van der Waals surface area contributed by atoms with Crippen molar-refractivity contribution in [2.24, 2.45) is 5.92 Å². The topological polar surface area (TPSA) is 52.6 Å². The first-order chi connectivity index (χ1) is 12.0. The number of benzene rings is 1. The van der Waals surface area contributed by atoms with E-state index in [1.54, 1.807) is 13.0 Å². The first-order valence-electron chi connectivity index (χ1n) is 8.43. The van der Waals surface area contributed by atoms with Crippen LogP contribution in [0.2, 0.25) is 0 Å². The van der Waals surface area contributed by atoms with E-state index < -0.39 is 6.04 Å². The van der Waals surface area contributed by atoms with Gasteiger partial charge in [-0.3, -0.25) is 9.59 Å². The number of nitrogens with one attached hydrogen (secondary N) is 1. The number of fused-ring (bicyclic) bond motifs is 1. The van der Waals surface area contributed by atoms with Crippen molar-refractivity contribution in [1.29, 1.82) is 0 Å². The van der Waals surface area contributed by atoms with Gasteiger partial charge in [-0.05, 0) is 36.4 Å². The minimum atomic E-state index is -0.585. The van der Waals surface area contributed by atoms with Crippen LogP contribution < -0.4 is 15.1 Å². The maximum absolute atomic E-state index is 13.1. The molecule has 2 heterocycles. The van der Waals surface area contributed by atoms with Crippen LogP contribution in [0.25, 0.3) is 0 Å². The fraction of sp³-hybridized carbons (Fsp3) is 0.368. The van der Waals surface area contributed by atoms with Gasteiger partial charge in [0.25, 0.3) is 5.91 Å². The lowest BCUT2D eigenvalue weighted by molar-refractivity contribution is -0.120. The predicted octanol–water partition coefficient (Wildman–Crippen LogP) is 2.99. The third-order valence-corrected chi connectivity index (χ3v) is 5.26. The molecule has 6 heteroatoms. The molecule has 0 saturated heterocycles. The molecule has 132 valence electrons. The first-order valence-corrected chi connectivity index (χ1v) is 9.31. The molecule has 1 aliphatic heterocycles. The van der Waals surface area contributed by atoms with Crippen molar-refractivity contribution < 1.29 is 9.59 Å². The maximum Gasteiger partial charge on any atom is 0.261 e. The Balaban J connectivity index is 1.82. The standard InChI is InChI=1S/C19H23N3O2S/c1-13-11-21(3)15-7-4-5-8-16(15)22(12-13)19(24)14(2)20-18(23)17-9-6-10-25-17/h4-10,13-14H,11-12H2,1-3H3,(H,20,23). The number of amides is 2. The number of thiophene rings is 1. The number of rotatable bonds is 3. The highest BCUT2D eigenvalue weighted by Gasteiger charge is 2.30. The van der Waals surface area contributed by atoms with Crippen LogP contribution in [0.1, 0.15) is 23.5 Å². The van der Waals surface area contributed by atoms with Gasteiger partial charge in [0.15, 0.2) is 0 Å². The summed E-state index contributed by atoms with van der Waals surface area (Å²) in [6.45, 7) is 5.41. The number of para-hydroxylation sites is 2. The second-order valence-electron chi connectivity index (χ2n) is 6.60. The van der Waals surface area contributed by atoms with Crippen LogP contribution >= 0.6 is 11.3 Å². The molecule has 2 unspecified atom stereocenters. The zero-order valence-corrected chi connectivity index (χ0v) is 15.5. The SMILES string of the molecule is CC1CN(C)c2ccccc2N(C(=O)C(C)NC(=O)c2cccs2)C1. The summed E-state index contributed by atoms with van der Waals surface area (Å²) in [5, 5.41) is 4.67. The van der Waals surface area contributed by atoms with E-state index in [-0.39, 0.29) is 11.8 Å². The monoisotopic (exact) mass is 357 g/mol. The van der Waals surface area contributed by atoms with Gasteiger partial charge in [-0.2, -0.15) is 0 Å². The van der Waals surface area contributed by atoms with Gasteiger partial charge in [-0.1, -0.05) is 25.1 Å². The third-order valence-electron chi connectivity index (χ3n) is 4.39. The normalized spacial score (nSPS) is 18.3. The smallest absolute Gasteiger partial charge is 0.261 e. The molecule has 0 radical (unpaired) electrons. The van der Waals surface area contributed by atoms with E-state index in [1.165, 1.54) is 11.3 Å². The van der Waals surface area contributed by atoms with Gasteiger partial charge in [0, 0.05) is 20.1 Å². The highest BCUT2D eigenvalue weighted by atomic mass is 32.1. The summed E-state index contributed by atoms with van der Waals surface area (Å²) in [7, 11) is 2.05. The van der Waals surface area contributed by atoms with Gasteiger partial charge in [-0.25, -0.2) is 0 Å². The molecular formula is C19H23N3O2S. The second-order valence-corrected chi connectivity index (χ2v) is 7.54. The molecule has 3 rings (SSSR count). The van der Waals surface area contributed by atoms with Gasteiger partial charge in [0.2, 0.25) is 5.91 Å². The maximum atomic E-state index is 13.1. The van der Waals surface area contributed by atoms with Gasteiger partial charge in [0.1, 0.15) is 6.04 Å². The average Bonchev–Trinajstić information content (AvgIpc) is 3.09. The molecule has 0 fully saturated rings. The highest BCUT2D eigenvalue weighted by Crippen LogP contribution is 2.32. The molecule has 1 N–H and O–H groups in total. The number of carbonyl (C=O) groups is 2. The lowest BCUT2D eigenvalue weighted by atomic mass is 10.1. The van der Waals surface area contributed by atoms with Crippen LogP contribution in [-0.2, 0) is 4.79 Å². The van der Waals surface area contributed by atoms with Crippen LogP contribution in [0.15, 0.2) is 41.8 Å². The van der Waals surface area contributed by atoms with Crippen LogP contribution in [0, 0.1) is 5.92 Å². The molecule has 25 heavy (non-hydrogen) atoms. The van der Waals surface area contributed by atoms with Crippen molar-refractivity contribution in [2.45, 2.75) is 19.9 Å². The summed E-state index contributed by atoms with van der Waals surface area (Å²) in [6, 6.07) is 10.9. The fourth-order valence-electron chi connectivity index (χ4n) is 3.23. The quantitative estimate of drug-likeness (QED) is 0.919. The summed E-state index contributed by atoms with van der Waals surface area (Å²) in [5.74, 6) is 0.0465. The Morgan fingerprint density at radius 3 is 2.56 bits per heavy atom. The fourth-order valence-corrected chi connectivity index (χ4v) is 3.86. The summed E-state index contributed by atoms with van der Waals surface area (Å²) in [4.78, 5) is 29.9. The predicted molar refractivity (Wildman–Crippen MR) is 102 cm³/mol. The van der Waals surface area contributed by atoms with Crippen molar-refractivity contribution in [3.8, 4) is 0 Å². The lowest BCUT2D eigenvalue weighted by Crippen LogP contribution is -2.48. The Bertz CT molecular complexity index is 760. The molecule has 5 nitrogen and oxygen atoms in total. The van der Waals surface area contributed by atoms with Crippen molar-refractivity contribution >= 4 is 34.5 Å². The first kappa shape index (κ1) is 17.5. The summed E-state index contributed by atoms with van der Waals surface area (Å²) in [5.41, 5.74) is 1.94. The van der Waals surface area contributed by atoms with Gasteiger partial charge >= 0.3 is 0 Å². The summed E-state index contributed by atoms with van der Waals surface area (Å²) >= 11 is 1.37. The number of hydrogen-bond donors (Lipinski definition) is 1. The molecule has 0 spiro atoms. The number of hydrogen-bond acceptors (Lipinski definition) is 4. The number of nitrogens with zero attached hydrogens (tertiary/aromatic N) is 2. The zero-order valence-electron chi connectivity index (χ0n) is 14.7. The van der Waals surface area contributed by atoms with E-state index in [0.29, 0.717) is 17.3 Å². The van der Waals surface area contributed by atoms with Crippen LogP contribution in [-0.4, -0.2) is 38.0 Å². The summed E-state index contributed by atoms with van der Waals surface area (Å²) < 4.78 is 0. The van der Waals surface area contributed by atoms with E-state index in [4.69, 9.17) is 0 Å². The molecule has 0 saturated carbocycles.